The lowest BCUT2D eigenvalue weighted by Gasteiger charge is -2.19. The summed E-state index contributed by atoms with van der Waals surface area (Å²) in [5, 5.41) is 3.60. The smallest absolute Gasteiger partial charge is 0.142 e. The van der Waals surface area contributed by atoms with Crippen molar-refractivity contribution in [3.8, 4) is 0 Å². The van der Waals surface area contributed by atoms with Gasteiger partial charge in [0.2, 0.25) is 0 Å². The third kappa shape index (κ3) is 4.36. The molecule has 0 aliphatic carbocycles. The van der Waals surface area contributed by atoms with E-state index in [1.54, 1.807) is 6.07 Å². The van der Waals surface area contributed by atoms with Crippen molar-refractivity contribution in [1.82, 2.24) is 9.88 Å². The number of benzene rings is 1. The average molecular weight is 295 g/mol. The van der Waals surface area contributed by atoms with Crippen LogP contribution in [0.5, 0.6) is 0 Å². The quantitative estimate of drug-likeness (QED) is 0.893. The zero-order valence-electron chi connectivity index (χ0n) is 12.1. The molecule has 1 aromatic heterocycles. The second-order valence-corrected chi connectivity index (χ2v) is 6.45. The highest BCUT2D eigenvalue weighted by Crippen LogP contribution is 2.16. The van der Waals surface area contributed by atoms with Crippen LogP contribution in [0, 0.1) is 5.82 Å². The summed E-state index contributed by atoms with van der Waals surface area (Å²) in [5.41, 5.74) is 2.22. The first-order chi connectivity index (χ1) is 9.33. The van der Waals surface area contributed by atoms with Crippen LogP contribution < -0.4 is 5.32 Å². The Kier molecular flexibility index (Phi) is 4.51. The Bertz CT molecular complexity index is 584. The number of halogens is 2. The van der Waals surface area contributed by atoms with Crippen molar-refractivity contribution < 1.29 is 4.39 Å². The molecule has 1 aromatic carbocycles. The van der Waals surface area contributed by atoms with Gasteiger partial charge in [-0.05, 0) is 50.1 Å². The maximum Gasteiger partial charge on any atom is 0.142 e. The Balaban J connectivity index is 2.00. The van der Waals surface area contributed by atoms with Crippen molar-refractivity contribution in [3.05, 3.63) is 58.6 Å². The van der Waals surface area contributed by atoms with Crippen molar-refractivity contribution >= 4 is 11.6 Å². The summed E-state index contributed by atoms with van der Waals surface area (Å²) in [6.07, 6.45) is 4.08. The number of nitrogens with zero attached hydrogens (tertiary/aromatic N) is 1. The van der Waals surface area contributed by atoms with Crippen LogP contribution in [0.25, 0.3) is 0 Å². The molecule has 1 heterocycles. The van der Waals surface area contributed by atoms with Gasteiger partial charge in [0.15, 0.2) is 0 Å². The van der Waals surface area contributed by atoms with Crippen molar-refractivity contribution in [2.24, 2.45) is 0 Å². The van der Waals surface area contributed by atoms with Crippen LogP contribution in [0.2, 0.25) is 5.02 Å². The first-order valence-corrected chi connectivity index (χ1v) is 7.05. The number of nitrogens with one attached hydrogen (secondary N) is 1. The van der Waals surface area contributed by atoms with Gasteiger partial charge in [-0.3, -0.25) is 0 Å². The second kappa shape index (κ2) is 5.98. The summed E-state index contributed by atoms with van der Waals surface area (Å²) < 4.78 is 15.4. The maximum atomic E-state index is 13.4. The van der Waals surface area contributed by atoms with E-state index in [4.69, 9.17) is 11.6 Å². The van der Waals surface area contributed by atoms with Gasteiger partial charge in [0.05, 0.1) is 5.02 Å². The lowest BCUT2D eigenvalue weighted by Crippen LogP contribution is -2.34. The van der Waals surface area contributed by atoms with E-state index in [9.17, 15) is 4.39 Å². The highest BCUT2D eigenvalue weighted by molar-refractivity contribution is 6.30. The first-order valence-electron chi connectivity index (χ1n) is 6.67. The van der Waals surface area contributed by atoms with Gasteiger partial charge in [-0.1, -0.05) is 17.7 Å². The highest BCUT2D eigenvalue weighted by Gasteiger charge is 2.09. The summed E-state index contributed by atoms with van der Waals surface area (Å²) in [4.78, 5) is 0. The number of hydrogen-bond acceptors (Lipinski definition) is 1. The Morgan fingerprint density at radius 1 is 1.20 bits per heavy atom. The summed E-state index contributed by atoms with van der Waals surface area (Å²) in [7, 11) is 0. The maximum absolute atomic E-state index is 13.4. The van der Waals surface area contributed by atoms with Crippen LogP contribution in [0.4, 0.5) is 4.39 Å². The van der Waals surface area contributed by atoms with Crippen LogP contribution in [0.1, 0.15) is 31.9 Å². The minimum Gasteiger partial charge on any atom is -0.350 e. The van der Waals surface area contributed by atoms with Gasteiger partial charge in [-0.15, -0.1) is 0 Å². The molecule has 0 saturated heterocycles. The number of hydrogen-bond donors (Lipinski definition) is 1. The van der Waals surface area contributed by atoms with Crippen molar-refractivity contribution in [1.29, 1.82) is 0 Å². The fourth-order valence-corrected chi connectivity index (χ4v) is 2.03. The van der Waals surface area contributed by atoms with E-state index in [0.717, 1.165) is 12.1 Å². The van der Waals surface area contributed by atoms with E-state index in [1.165, 1.54) is 11.6 Å². The molecule has 0 amide bonds. The fraction of sp³-hybridized carbons (Fsp3) is 0.375. The SMILES string of the molecule is CC(C)(C)NCc1ccn(Cc2ccc(Cl)c(F)c2)c1. The lowest BCUT2D eigenvalue weighted by molar-refractivity contribution is 0.424. The molecule has 2 rings (SSSR count). The molecule has 2 nitrogen and oxygen atoms in total. The minimum absolute atomic E-state index is 0.0986. The van der Waals surface area contributed by atoms with E-state index in [0.29, 0.717) is 6.54 Å². The summed E-state index contributed by atoms with van der Waals surface area (Å²) in [6, 6.07) is 7.00. The monoisotopic (exact) mass is 294 g/mol. The molecule has 0 aliphatic heterocycles. The van der Waals surface area contributed by atoms with E-state index in [1.807, 2.05) is 16.8 Å². The van der Waals surface area contributed by atoms with Crippen molar-refractivity contribution in [2.75, 3.05) is 0 Å². The fourth-order valence-electron chi connectivity index (χ4n) is 1.91. The zero-order chi connectivity index (χ0) is 14.8. The Morgan fingerprint density at radius 3 is 2.60 bits per heavy atom. The van der Waals surface area contributed by atoms with Crippen LogP contribution in [0.15, 0.2) is 36.7 Å². The normalized spacial score (nSPS) is 11.8. The average Bonchev–Trinajstić information content (AvgIpc) is 2.78. The van der Waals surface area contributed by atoms with Gasteiger partial charge in [-0.2, -0.15) is 0 Å². The molecule has 108 valence electrons. The molecule has 0 spiro atoms. The van der Waals surface area contributed by atoms with Crippen LogP contribution in [-0.2, 0) is 13.1 Å². The number of aromatic nitrogens is 1. The summed E-state index contributed by atoms with van der Waals surface area (Å²) >= 11 is 5.68. The Morgan fingerprint density at radius 2 is 1.95 bits per heavy atom. The predicted molar refractivity (Wildman–Crippen MR) is 81.5 cm³/mol. The Hall–Kier alpha value is -1.32. The highest BCUT2D eigenvalue weighted by atomic mass is 35.5. The molecule has 2 aromatic rings. The van der Waals surface area contributed by atoms with Crippen LogP contribution >= 0.6 is 11.6 Å². The molecular weight excluding hydrogens is 275 g/mol. The first kappa shape index (κ1) is 15.1. The third-order valence-corrected chi connectivity index (χ3v) is 3.29. The second-order valence-electron chi connectivity index (χ2n) is 6.04. The molecule has 0 radical (unpaired) electrons. The van der Waals surface area contributed by atoms with E-state index >= 15 is 0 Å². The standard InChI is InChI=1S/C16H20ClFN2/c1-16(2,3)19-9-13-6-7-20(11-13)10-12-4-5-14(17)15(18)8-12/h4-8,11,19H,9-10H2,1-3H3. The van der Waals surface area contributed by atoms with Gasteiger partial charge in [-0.25, -0.2) is 4.39 Å². The van der Waals surface area contributed by atoms with Crippen LogP contribution in [0.3, 0.4) is 0 Å². The van der Waals surface area contributed by atoms with E-state index < -0.39 is 0 Å². The molecular formula is C16H20ClFN2. The topological polar surface area (TPSA) is 17.0 Å². The molecule has 0 unspecified atom stereocenters. The van der Waals surface area contributed by atoms with Crippen molar-refractivity contribution in [2.45, 2.75) is 39.4 Å². The number of rotatable bonds is 4. The molecule has 1 N–H and O–H groups in total. The van der Waals surface area contributed by atoms with E-state index in [2.05, 4.69) is 38.4 Å². The van der Waals surface area contributed by atoms with Crippen LogP contribution in [-0.4, -0.2) is 10.1 Å². The van der Waals surface area contributed by atoms with Crippen molar-refractivity contribution in [3.63, 3.8) is 0 Å². The predicted octanol–water partition coefficient (Wildman–Crippen LogP) is 4.22. The molecule has 0 fully saturated rings. The zero-order valence-corrected chi connectivity index (χ0v) is 12.8. The van der Waals surface area contributed by atoms with Gasteiger partial charge in [0.1, 0.15) is 5.82 Å². The lowest BCUT2D eigenvalue weighted by atomic mass is 10.1. The largest absolute Gasteiger partial charge is 0.350 e. The molecule has 0 bridgehead atoms. The molecule has 0 aliphatic rings. The van der Waals surface area contributed by atoms with Gasteiger partial charge in [0.25, 0.3) is 0 Å². The van der Waals surface area contributed by atoms with Gasteiger partial charge in [0, 0.05) is 31.0 Å². The van der Waals surface area contributed by atoms with E-state index in [-0.39, 0.29) is 16.4 Å². The minimum atomic E-state index is -0.369. The van der Waals surface area contributed by atoms with Gasteiger partial charge < -0.3 is 9.88 Å². The molecule has 0 atom stereocenters. The molecule has 0 saturated carbocycles. The van der Waals surface area contributed by atoms with Gasteiger partial charge >= 0.3 is 0 Å². The molecule has 20 heavy (non-hydrogen) atoms. The summed E-state index contributed by atoms with van der Waals surface area (Å²) in [6.45, 7) is 7.89. The third-order valence-electron chi connectivity index (χ3n) is 2.98. The summed E-state index contributed by atoms with van der Waals surface area (Å²) in [5.74, 6) is -0.369. The Labute approximate surface area is 124 Å². The molecule has 4 heteroatoms.